The van der Waals surface area contributed by atoms with E-state index in [0.717, 1.165) is 15.8 Å². The molecular formula is C13H26BrN3. The van der Waals surface area contributed by atoms with Gasteiger partial charge in [-0.1, -0.05) is 26.7 Å². The molecule has 0 heterocycles. The average Bonchev–Trinajstić information content (AvgIpc) is 2.36. The Morgan fingerprint density at radius 2 is 1.65 bits per heavy atom. The number of benzene rings is 1. The fraction of sp³-hybridized carbons (Fsp3) is 0.538. The zero-order chi connectivity index (χ0) is 13.8. The summed E-state index contributed by atoms with van der Waals surface area (Å²) < 4.78 is 0.946. The smallest absolute Gasteiger partial charge is 0.0694 e. The number of rotatable bonds is 2. The highest BCUT2D eigenvalue weighted by atomic mass is 79.9. The second-order valence-corrected chi connectivity index (χ2v) is 4.31. The van der Waals surface area contributed by atoms with Crippen molar-refractivity contribution in [1.29, 1.82) is 0 Å². The first-order valence-electron chi connectivity index (χ1n) is 5.87. The lowest BCUT2D eigenvalue weighted by Gasteiger charge is -2.07. The van der Waals surface area contributed by atoms with Crippen LogP contribution < -0.4 is 16.8 Å². The minimum Gasteiger partial charge on any atom is -0.396 e. The Labute approximate surface area is 114 Å². The Kier molecular flexibility index (Phi) is 12.9. The molecule has 1 rings (SSSR count). The first-order chi connectivity index (χ1) is 8.06. The van der Waals surface area contributed by atoms with E-state index in [-0.39, 0.29) is 0 Å². The fourth-order valence-electron chi connectivity index (χ4n) is 0.960. The van der Waals surface area contributed by atoms with E-state index in [4.69, 9.17) is 5.73 Å². The van der Waals surface area contributed by atoms with Gasteiger partial charge < -0.3 is 16.8 Å². The first kappa shape index (κ1) is 18.6. The quantitative estimate of drug-likeness (QED) is 0.729. The van der Waals surface area contributed by atoms with Gasteiger partial charge >= 0.3 is 0 Å². The highest BCUT2D eigenvalue weighted by Crippen LogP contribution is 2.28. The first-order valence-corrected chi connectivity index (χ1v) is 6.67. The fourth-order valence-corrected chi connectivity index (χ4v) is 1.53. The van der Waals surface area contributed by atoms with Crippen molar-refractivity contribution < 1.29 is 0 Å². The van der Waals surface area contributed by atoms with Gasteiger partial charge in [0.15, 0.2) is 0 Å². The van der Waals surface area contributed by atoms with Crippen LogP contribution in [0.15, 0.2) is 16.6 Å². The molecule has 1 aromatic rings. The van der Waals surface area contributed by atoms with E-state index in [9.17, 15) is 0 Å². The van der Waals surface area contributed by atoms with Crippen molar-refractivity contribution in [1.82, 2.24) is 0 Å². The molecule has 0 amide bonds. The van der Waals surface area contributed by atoms with Gasteiger partial charge in [0, 0.05) is 11.5 Å². The Balaban J connectivity index is 0. The Hall–Kier alpha value is -0.740. The van der Waals surface area contributed by atoms with Gasteiger partial charge in [-0.15, -0.1) is 0 Å². The van der Waals surface area contributed by atoms with Gasteiger partial charge in [-0.05, 0) is 47.6 Å². The van der Waals surface area contributed by atoms with E-state index < -0.39 is 0 Å². The van der Waals surface area contributed by atoms with Gasteiger partial charge in [0.05, 0.1) is 11.4 Å². The molecule has 0 fully saturated rings. The molecule has 100 valence electrons. The summed E-state index contributed by atoms with van der Waals surface area (Å²) in [6, 6.07) is 4.01. The van der Waals surface area contributed by atoms with E-state index in [1.54, 1.807) is 0 Å². The molecule has 0 atom stereocenters. The largest absolute Gasteiger partial charge is 0.396 e. The van der Waals surface area contributed by atoms with Crippen LogP contribution in [0.3, 0.4) is 0 Å². The number of hydrogen-bond acceptors (Lipinski definition) is 3. The van der Waals surface area contributed by atoms with Crippen LogP contribution in [-0.4, -0.2) is 14.1 Å². The average molecular weight is 304 g/mol. The summed E-state index contributed by atoms with van der Waals surface area (Å²) >= 11 is 3.37. The van der Waals surface area contributed by atoms with Crippen molar-refractivity contribution in [2.24, 2.45) is 5.73 Å². The molecule has 0 aliphatic carbocycles. The molecule has 0 radical (unpaired) electrons. The van der Waals surface area contributed by atoms with Crippen LogP contribution in [0.2, 0.25) is 0 Å². The lowest BCUT2D eigenvalue weighted by atomic mass is 10.2. The number of nitrogens with one attached hydrogen (secondary N) is 1. The number of unbranched alkanes of at least 4 members (excludes halogenated alkanes) is 1. The van der Waals surface area contributed by atoms with Gasteiger partial charge in [0.1, 0.15) is 0 Å². The lowest BCUT2D eigenvalue weighted by Crippen LogP contribution is -1.96. The molecule has 5 N–H and O–H groups in total. The summed E-state index contributed by atoms with van der Waals surface area (Å²) in [5, 5.41) is 3.02. The molecule has 0 saturated heterocycles. The third-order valence-corrected chi connectivity index (χ3v) is 2.70. The van der Waals surface area contributed by atoms with E-state index in [2.05, 4.69) is 40.8 Å². The van der Waals surface area contributed by atoms with Gasteiger partial charge in [0.2, 0.25) is 0 Å². The normalized spacial score (nSPS) is 8.41. The summed E-state index contributed by atoms with van der Waals surface area (Å²) in [5.74, 6) is 0. The monoisotopic (exact) mass is 303 g/mol. The van der Waals surface area contributed by atoms with E-state index in [0.29, 0.717) is 0 Å². The van der Waals surface area contributed by atoms with Gasteiger partial charge in [-0.2, -0.15) is 0 Å². The van der Waals surface area contributed by atoms with Crippen LogP contribution in [0.4, 0.5) is 11.4 Å². The zero-order valence-electron chi connectivity index (χ0n) is 11.6. The molecule has 0 spiro atoms. The molecule has 4 heteroatoms. The summed E-state index contributed by atoms with van der Waals surface area (Å²) in [6.45, 7) is 6.39. The zero-order valence-corrected chi connectivity index (χ0v) is 13.2. The second-order valence-electron chi connectivity index (χ2n) is 3.46. The van der Waals surface area contributed by atoms with Crippen LogP contribution in [0, 0.1) is 6.92 Å². The molecule has 0 aliphatic rings. The highest BCUT2D eigenvalue weighted by molar-refractivity contribution is 9.10. The molecule has 0 aliphatic heterocycles. The summed E-state index contributed by atoms with van der Waals surface area (Å²) in [4.78, 5) is 0. The maximum atomic E-state index is 5.75. The van der Waals surface area contributed by atoms with Gasteiger partial charge in [0.25, 0.3) is 0 Å². The number of hydrogen-bond donors (Lipinski definition) is 3. The summed E-state index contributed by atoms with van der Waals surface area (Å²) in [5.41, 5.74) is 13.2. The number of anilines is 2. The molecule has 0 unspecified atom stereocenters. The molecule has 0 bridgehead atoms. The topological polar surface area (TPSA) is 64.1 Å². The molecule has 3 nitrogen and oxygen atoms in total. The molecule has 0 saturated carbocycles. The maximum absolute atomic E-state index is 5.75. The van der Waals surface area contributed by atoms with Crippen LogP contribution in [0.5, 0.6) is 0 Å². The van der Waals surface area contributed by atoms with Crippen LogP contribution in [-0.2, 0) is 0 Å². The predicted molar refractivity (Wildman–Crippen MR) is 83.5 cm³/mol. The number of nitrogens with two attached hydrogens (primary N) is 2. The second kappa shape index (κ2) is 11.7. The molecule has 0 aromatic heterocycles. The third kappa shape index (κ3) is 8.05. The minimum atomic E-state index is 0.762. The summed E-state index contributed by atoms with van der Waals surface area (Å²) in [6.07, 6.45) is 2.64. The van der Waals surface area contributed by atoms with Crippen molar-refractivity contribution >= 4 is 27.3 Å². The van der Waals surface area contributed by atoms with E-state index in [1.807, 2.05) is 26.1 Å². The SMILES string of the molecule is CCCC.CN.CNc1cc(C)cc(Br)c1N. The Bertz CT molecular complexity index is 299. The predicted octanol–water partition coefficient (Wildman–Crippen LogP) is 3.76. The van der Waals surface area contributed by atoms with Gasteiger partial charge in [-0.3, -0.25) is 0 Å². The van der Waals surface area contributed by atoms with Crippen LogP contribution in [0.1, 0.15) is 32.3 Å². The highest BCUT2D eigenvalue weighted by Gasteiger charge is 2.01. The van der Waals surface area contributed by atoms with Crippen molar-refractivity contribution in [3.8, 4) is 0 Å². The van der Waals surface area contributed by atoms with Crippen LogP contribution >= 0.6 is 15.9 Å². The summed E-state index contributed by atoms with van der Waals surface area (Å²) in [7, 11) is 3.36. The maximum Gasteiger partial charge on any atom is 0.0694 e. The van der Waals surface area contributed by atoms with E-state index >= 15 is 0 Å². The standard InChI is InChI=1S/C8H11BrN2.C4H10.CH5N/c1-5-3-6(9)8(10)7(4-5)11-2;1-3-4-2;1-2/h3-4,11H,10H2,1-2H3;3-4H2,1-2H3;2H2,1H3. The van der Waals surface area contributed by atoms with E-state index in [1.165, 1.54) is 25.5 Å². The Morgan fingerprint density at radius 3 is 2.00 bits per heavy atom. The lowest BCUT2D eigenvalue weighted by molar-refractivity contribution is 0.886. The van der Waals surface area contributed by atoms with Crippen molar-refractivity contribution in [3.63, 3.8) is 0 Å². The molecule has 1 aromatic carbocycles. The third-order valence-electron chi connectivity index (χ3n) is 2.04. The van der Waals surface area contributed by atoms with Crippen molar-refractivity contribution in [2.75, 3.05) is 25.1 Å². The van der Waals surface area contributed by atoms with Crippen molar-refractivity contribution in [2.45, 2.75) is 33.6 Å². The molecular weight excluding hydrogens is 278 g/mol. The van der Waals surface area contributed by atoms with Crippen LogP contribution in [0.25, 0.3) is 0 Å². The molecule has 17 heavy (non-hydrogen) atoms. The Morgan fingerprint density at radius 1 is 1.18 bits per heavy atom. The number of aryl methyl sites for hydroxylation is 1. The van der Waals surface area contributed by atoms with Gasteiger partial charge in [-0.25, -0.2) is 0 Å². The number of nitrogen functional groups attached to an aromatic ring is 1. The number of halogens is 1. The van der Waals surface area contributed by atoms with Crippen molar-refractivity contribution in [3.05, 3.63) is 22.2 Å². The minimum absolute atomic E-state index is 0.762.